The van der Waals surface area contributed by atoms with Crippen molar-refractivity contribution in [1.29, 1.82) is 0 Å². The van der Waals surface area contributed by atoms with E-state index in [-0.39, 0.29) is 0 Å². The van der Waals surface area contributed by atoms with Crippen LogP contribution in [0.15, 0.2) is 0 Å². The molecule has 1 aliphatic heterocycles. The maximum atomic E-state index is 6.63. The summed E-state index contributed by atoms with van der Waals surface area (Å²) in [6.07, 6.45) is 1.36. The van der Waals surface area contributed by atoms with Crippen molar-refractivity contribution in [3.8, 4) is 0 Å². The minimum atomic E-state index is -2.34. The summed E-state index contributed by atoms with van der Waals surface area (Å²) in [4.78, 5) is 0. The second-order valence-corrected chi connectivity index (χ2v) is 30.5. The monoisotopic (exact) mass is 484 g/mol. The van der Waals surface area contributed by atoms with Crippen LogP contribution in [-0.2, 0) is 25.9 Å². The van der Waals surface area contributed by atoms with E-state index in [9.17, 15) is 0 Å². The molecule has 1 saturated heterocycles. The van der Waals surface area contributed by atoms with Crippen molar-refractivity contribution >= 4 is 42.3 Å². The lowest BCUT2D eigenvalue weighted by Gasteiger charge is -2.42. The third-order valence-electron chi connectivity index (χ3n) is 3.83. The summed E-state index contributed by atoms with van der Waals surface area (Å²) in [6, 6.07) is 1.07. The van der Waals surface area contributed by atoms with Gasteiger partial charge in [0.25, 0.3) is 0 Å². The Morgan fingerprint density at radius 2 is 1.18 bits per heavy atom. The van der Waals surface area contributed by atoms with Crippen LogP contribution >= 0.6 is 0 Å². The number of rotatable bonds is 14. The Morgan fingerprint density at radius 3 is 1.64 bits per heavy atom. The van der Waals surface area contributed by atoms with Crippen molar-refractivity contribution in [1.82, 2.24) is 0 Å². The normalized spacial score (nSPS) is 19.2. The third-order valence-corrected chi connectivity index (χ3v) is 21.8. The predicted molar refractivity (Wildman–Crippen MR) is 128 cm³/mol. The molecular formula is C17H44O6Si5. The molecule has 0 aromatic rings. The molecular weight excluding hydrogens is 441 g/mol. The Hall–Kier alpha value is 0.844. The largest absolute Gasteiger partial charge is 0.437 e. The van der Waals surface area contributed by atoms with Gasteiger partial charge in [0.2, 0.25) is 0 Å². The van der Waals surface area contributed by atoms with E-state index in [0.717, 1.165) is 32.3 Å². The lowest BCUT2D eigenvalue weighted by atomic mass is 10.5. The molecule has 28 heavy (non-hydrogen) atoms. The van der Waals surface area contributed by atoms with Crippen LogP contribution < -0.4 is 0 Å². The Labute approximate surface area is 178 Å². The summed E-state index contributed by atoms with van der Waals surface area (Å²) in [6.45, 7) is 26.3. The molecule has 1 unspecified atom stereocenters. The van der Waals surface area contributed by atoms with Gasteiger partial charge >= 0.3 is 25.7 Å². The topological polar surface area (TPSA) is 58.7 Å². The van der Waals surface area contributed by atoms with Gasteiger partial charge in [0.05, 0.1) is 13.2 Å². The first-order valence-electron chi connectivity index (χ1n) is 10.4. The zero-order chi connectivity index (χ0) is 21.9. The van der Waals surface area contributed by atoms with Gasteiger partial charge in [-0.1, -0.05) is 0 Å². The van der Waals surface area contributed by atoms with Gasteiger partial charge in [-0.25, -0.2) is 0 Å². The first-order valence-corrected chi connectivity index (χ1v) is 25.4. The molecule has 0 radical (unpaired) electrons. The van der Waals surface area contributed by atoms with E-state index < -0.39 is 42.3 Å². The van der Waals surface area contributed by atoms with Gasteiger partial charge in [0.1, 0.15) is 6.10 Å². The molecule has 0 aliphatic carbocycles. The fraction of sp³-hybridized carbons (Fsp3) is 1.00. The highest BCUT2D eigenvalue weighted by molar-refractivity contribution is 6.90. The molecule has 1 rings (SSSR count). The lowest BCUT2D eigenvalue weighted by Crippen LogP contribution is -2.58. The molecule has 1 heterocycles. The van der Waals surface area contributed by atoms with Gasteiger partial charge in [0, 0.05) is 6.61 Å². The molecule has 0 bridgehead atoms. The molecule has 0 amide bonds. The van der Waals surface area contributed by atoms with E-state index in [2.05, 4.69) is 72.0 Å². The number of epoxide rings is 1. The molecule has 1 atom stereocenters. The van der Waals surface area contributed by atoms with Crippen molar-refractivity contribution < 1.29 is 25.9 Å². The summed E-state index contributed by atoms with van der Waals surface area (Å²) in [5, 5.41) is 0. The predicted octanol–water partition coefficient (Wildman–Crippen LogP) is 5.00. The molecule has 1 fully saturated rings. The Balaban J connectivity index is 2.49. The van der Waals surface area contributed by atoms with Crippen LogP contribution in [-0.4, -0.2) is 68.2 Å². The van der Waals surface area contributed by atoms with Crippen LogP contribution in [0.5, 0.6) is 0 Å². The van der Waals surface area contributed by atoms with Crippen molar-refractivity contribution in [3.05, 3.63) is 0 Å². The standard InChI is InChI=1S/C17H44O6Si5/c1-24(2,3)20-26(6,7)22-28(10,11)23-27(8,9)21-25(4,5)14-12-13-18-15-17-16-19-17/h17H,12-16H2,1-11H3. The second kappa shape index (κ2) is 9.98. The SMILES string of the molecule is C[Si](C)(C)O[Si](C)(C)O[Si](C)(C)O[Si](C)(C)O[Si](C)(C)CCCOCC1CO1. The van der Waals surface area contributed by atoms with Crippen molar-refractivity contribution in [2.75, 3.05) is 19.8 Å². The maximum absolute atomic E-state index is 6.63. The smallest absolute Gasteiger partial charge is 0.314 e. The Morgan fingerprint density at radius 1 is 0.714 bits per heavy atom. The van der Waals surface area contributed by atoms with E-state index in [1.54, 1.807) is 0 Å². The highest BCUT2D eigenvalue weighted by Gasteiger charge is 2.45. The molecule has 0 N–H and O–H groups in total. The van der Waals surface area contributed by atoms with Gasteiger partial charge in [-0.3, -0.25) is 0 Å². The molecule has 1 aliphatic rings. The van der Waals surface area contributed by atoms with Crippen LogP contribution in [0.3, 0.4) is 0 Å². The zero-order valence-electron chi connectivity index (χ0n) is 20.1. The van der Waals surface area contributed by atoms with E-state index >= 15 is 0 Å². The van der Waals surface area contributed by atoms with Gasteiger partial charge in [0.15, 0.2) is 16.6 Å². The second-order valence-electron chi connectivity index (χ2n) is 10.6. The zero-order valence-corrected chi connectivity index (χ0v) is 25.1. The molecule has 6 nitrogen and oxygen atoms in total. The summed E-state index contributed by atoms with van der Waals surface area (Å²) >= 11 is 0. The van der Waals surface area contributed by atoms with Crippen molar-refractivity contribution in [3.63, 3.8) is 0 Å². The van der Waals surface area contributed by atoms with E-state index in [1.807, 2.05) is 0 Å². The number of hydrogen-bond donors (Lipinski definition) is 0. The minimum Gasteiger partial charge on any atom is -0.437 e. The quantitative estimate of drug-likeness (QED) is 0.196. The minimum absolute atomic E-state index is 0.339. The van der Waals surface area contributed by atoms with Crippen molar-refractivity contribution in [2.24, 2.45) is 0 Å². The number of hydrogen-bond acceptors (Lipinski definition) is 6. The first kappa shape index (κ1) is 26.9. The Bertz CT molecular complexity index is 489. The highest BCUT2D eigenvalue weighted by atomic mass is 28.5. The fourth-order valence-electron chi connectivity index (χ4n) is 3.68. The molecule has 11 heteroatoms. The third kappa shape index (κ3) is 13.2. The van der Waals surface area contributed by atoms with Gasteiger partial charge in [-0.2, -0.15) is 0 Å². The first-order chi connectivity index (χ1) is 12.4. The van der Waals surface area contributed by atoms with E-state index in [4.69, 9.17) is 25.9 Å². The highest BCUT2D eigenvalue weighted by Crippen LogP contribution is 2.27. The van der Waals surface area contributed by atoms with E-state index in [0.29, 0.717) is 6.10 Å². The molecule has 0 saturated carbocycles. The van der Waals surface area contributed by atoms with Crippen LogP contribution in [0, 0.1) is 0 Å². The van der Waals surface area contributed by atoms with Crippen LogP contribution in [0.4, 0.5) is 0 Å². The van der Waals surface area contributed by atoms with E-state index in [1.165, 1.54) is 0 Å². The van der Waals surface area contributed by atoms with Crippen molar-refractivity contribution in [2.45, 2.75) is 90.6 Å². The van der Waals surface area contributed by atoms with Gasteiger partial charge in [-0.15, -0.1) is 0 Å². The fourth-order valence-corrected chi connectivity index (χ4v) is 27.4. The average molecular weight is 485 g/mol. The summed E-state index contributed by atoms with van der Waals surface area (Å²) in [7, 11) is -10.3. The van der Waals surface area contributed by atoms with Gasteiger partial charge in [-0.05, 0) is 84.5 Å². The summed E-state index contributed by atoms with van der Waals surface area (Å²) in [5.41, 5.74) is 0. The van der Waals surface area contributed by atoms with Crippen LogP contribution in [0.2, 0.25) is 78.1 Å². The molecule has 168 valence electrons. The molecule has 0 aromatic carbocycles. The lowest BCUT2D eigenvalue weighted by molar-refractivity contribution is 0.116. The van der Waals surface area contributed by atoms with Crippen LogP contribution in [0.25, 0.3) is 0 Å². The number of ether oxygens (including phenoxy) is 2. The maximum Gasteiger partial charge on any atom is 0.314 e. The Kier molecular flexibility index (Phi) is 9.58. The molecule has 0 spiro atoms. The summed E-state index contributed by atoms with van der Waals surface area (Å²) < 4.78 is 36.9. The molecule has 0 aromatic heterocycles. The summed E-state index contributed by atoms with van der Waals surface area (Å²) in [5.74, 6) is 0. The average Bonchev–Trinajstić information content (AvgIpc) is 3.13. The van der Waals surface area contributed by atoms with Crippen LogP contribution in [0.1, 0.15) is 6.42 Å². The van der Waals surface area contributed by atoms with Gasteiger partial charge < -0.3 is 25.9 Å².